The minimum atomic E-state index is -0.300. The normalized spacial score (nSPS) is 14.1. The number of thiophene rings is 1. The molecule has 0 saturated carbocycles. The second-order valence-electron chi connectivity index (χ2n) is 7.35. The monoisotopic (exact) mass is 388 g/mol. The Hall–Kier alpha value is -2.08. The topological polar surface area (TPSA) is 3.24 Å². The van der Waals surface area contributed by atoms with Gasteiger partial charge in [0.05, 0.1) is 5.54 Å². The molecule has 0 N–H and O–H groups in total. The van der Waals surface area contributed by atoms with Crippen LogP contribution in [0.4, 0.5) is 0 Å². The summed E-state index contributed by atoms with van der Waals surface area (Å²) in [5, 5.41) is 2.24. The molecule has 0 aliphatic carbocycles. The average Bonchev–Trinajstić information content (AvgIpc) is 3.25. The molecule has 0 spiro atoms. The third-order valence-corrected chi connectivity index (χ3v) is 6.82. The van der Waals surface area contributed by atoms with E-state index in [2.05, 4.69) is 107 Å². The van der Waals surface area contributed by atoms with E-state index in [0.29, 0.717) is 0 Å². The summed E-state index contributed by atoms with van der Waals surface area (Å²) in [6.45, 7) is 2.02. The van der Waals surface area contributed by atoms with Crippen LogP contribution in [0.15, 0.2) is 102 Å². The zero-order valence-corrected chi connectivity index (χ0v) is 17.6. The molecule has 5 rings (SSSR count). The quantitative estimate of drug-likeness (QED) is 0.319. The number of nitrogens with zero attached hydrogens (tertiary/aromatic N) is 1. The molecule has 3 aromatic carbocycles. The molecule has 139 valence electrons. The Kier molecular flexibility index (Phi) is 6.09. The molecule has 0 bridgehead atoms. The van der Waals surface area contributed by atoms with Gasteiger partial charge in [0.2, 0.25) is 0 Å². The summed E-state index contributed by atoms with van der Waals surface area (Å²) in [5.74, 6) is 0. The van der Waals surface area contributed by atoms with E-state index >= 15 is 0 Å². The number of benzene rings is 3. The van der Waals surface area contributed by atoms with Crippen LogP contribution in [0, 0.1) is 0 Å². The molecular formula is C26H23LiNS. The summed E-state index contributed by atoms with van der Waals surface area (Å²) in [7, 11) is 0. The van der Waals surface area contributed by atoms with E-state index in [1.807, 2.05) is 11.3 Å². The molecule has 1 radical (unpaired) electrons. The first-order chi connectivity index (χ1) is 13.9. The predicted molar refractivity (Wildman–Crippen MR) is 123 cm³/mol. The van der Waals surface area contributed by atoms with Gasteiger partial charge >= 0.3 is 0 Å². The Balaban J connectivity index is 0.00000205. The van der Waals surface area contributed by atoms with Gasteiger partial charge in [0.25, 0.3) is 0 Å². The third-order valence-electron chi connectivity index (χ3n) is 5.87. The number of hydrogen-bond donors (Lipinski definition) is 0. The Morgan fingerprint density at radius 1 is 0.655 bits per heavy atom. The molecule has 29 heavy (non-hydrogen) atoms. The minimum absolute atomic E-state index is 0. The Morgan fingerprint density at radius 3 is 1.62 bits per heavy atom. The van der Waals surface area contributed by atoms with Gasteiger partial charge in [-0.1, -0.05) is 91.0 Å². The van der Waals surface area contributed by atoms with Crippen molar-refractivity contribution in [2.24, 2.45) is 0 Å². The number of hydrogen-bond acceptors (Lipinski definition) is 2. The van der Waals surface area contributed by atoms with Crippen molar-refractivity contribution < 1.29 is 0 Å². The van der Waals surface area contributed by atoms with Gasteiger partial charge < -0.3 is 0 Å². The number of rotatable bonds is 4. The SMILES string of the molecule is [Li].c1ccc(C(c2ccccc2)(c2ccccc2)N2CCc3ccsc3C2)cc1. The summed E-state index contributed by atoms with van der Waals surface area (Å²) < 4.78 is 0. The van der Waals surface area contributed by atoms with Gasteiger partial charge in [0.1, 0.15) is 0 Å². The maximum Gasteiger partial charge on any atom is 0.0976 e. The first-order valence-electron chi connectivity index (χ1n) is 9.86. The van der Waals surface area contributed by atoms with E-state index in [9.17, 15) is 0 Å². The Bertz CT molecular complexity index is 947. The molecule has 4 aromatic rings. The van der Waals surface area contributed by atoms with E-state index in [1.165, 1.54) is 27.1 Å². The first kappa shape index (κ1) is 20.2. The number of fused-ring (bicyclic) bond motifs is 1. The third kappa shape index (κ3) is 3.52. The van der Waals surface area contributed by atoms with Crippen molar-refractivity contribution in [3.63, 3.8) is 0 Å². The van der Waals surface area contributed by atoms with Crippen LogP contribution >= 0.6 is 11.3 Å². The van der Waals surface area contributed by atoms with Crippen molar-refractivity contribution in [1.29, 1.82) is 0 Å². The Labute approximate surface area is 189 Å². The predicted octanol–water partition coefficient (Wildman–Crippen LogP) is 5.72. The summed E-state index contributed by atoms with van der Waals surface area (Å²) in [6, 6.07) is 35.3. The van der Waals surface area contributed by atoms with Crippen LogP contribution in [0.2, 0.25) is 0 Å². The fourth-order valence-electron chi connectivity index (χ4n) is 4.61. The van der Waals surface area contributed by atoms with Gasteiger partial charge in [-0.15, -0.1) is 11.3 Å². The minimum Gasteiger partial charge on any atom is -0.281 e. The van der Waals surface area contributed by atoms with Gasteiger partial charge in [-0.25, -0.2) is 0 Å². The Morgan fingerprint density at radius 2 is 1.14 bits per heavy atom. The summed E-state index contributed by atoms with van der Waals surface area (Å²) in [5.41, 5.74) is 5.20. The van der Waals surface area contributed by atoms with Crippen molar-refractivity contribution in [2.45, 2.75) is 18.5 Å². The van der Waals surface area contributed by atoms with Crippen molar-refractivity contribution in [3.8, 4) is 0 Å². The van der Waals surface area contributed by atoms with Crippen LogP contribution in [0.25, 0.3) is 0 Å². The molecule has 1 aliphatic rings. The second kappa shape index (κ2) is 8.74. The van der Waals surface area contributed by atoms with Crippen LogP contribution in [-0.2, 0) is 18.5 Å². The van der Waals surface area contributed by atoms with E-state index in [4.69, 9.17) is 0 Å². The van der Waals surface area contributed by atoms with Crippen LogP contribution in [0.5, 0.6) is 0 Å². The molecule has 1 aromatic heterocycles. The zero-order chi connectivity index (χ0) is 18.8. The maximum absolute atomic E-state index is 2.67. The second-order valence-corrected chi connectivity index (χ2v) is 8.35. The fourth-order valence-corrected chi connectivity index (χ4v) is 5.56. The van der Waals surface area contributed by atoms with Crippen LogP contribution < -0.4 is 0 Å². The van der Waals surface area contributed by atoms with Gasteiger partial charge in [0.15, 0.2) is 0 Å². The molecule has 1 aliphatic heterocycles. The smallest absolute Gasteiger partial charge is 0.0976 e. The van der Waals surface area contributed by atoms with E-state index < -0.39 is 0 Å². The van der Waals surface area contributed by atoms with Crippen molar-refractivity contribution >= 4 is 30.2 Å². The maximum atomic E-state index is 2.67. The summed E-state index contributed by atoms with van der Waals surface area (Å²) in [4.78, 5) is 4.17. The van der Waals surface area contributed by atoms with Gasteiger partial charge in [-0.3, -0.25) is 4.90 Å². The molecule has 0 amide bonds. The first-order valence-corrected chi connectivity index (χ1v) is 10.7. The van der Waals surface area contributed by atoms with Gasteiger partial charge in [-0.2, -0.15) is 0 Å². The van der Waals surface area contributed by atoms with Crippen LogP contribution in [0.1, 0.15) is 27.1 Å². The van der Waals surface area contributed by atoms with Crippen molar-refractivity contribution in [2.75, 3.05) is 6.54 Å². The van der Waals surface area contributed by atoms with Crippen LogP contribution in [0.3, 0.4) is 0 Å². The molecule has 2 heterocycles. The molecule has 3 heteroatoms. The molecule has 0 fully saturated rings. The van der Waals surface area contributed by atoms with Crippen LogP contribution in [-0.4, -0.2) is 30.3 Å². The standard InChI is InChI=1S/C26H23NS.Li/c1-4-10-22(11-5-1)26(23-12-6-2-7-13-23,24-14-8-3-9-15-24)27-18-16-21-17-19-28-25(21)20-27;/h1-15,17,19H,16,18,20H2;. The zero-order valence-electron chi connectivity index (χ0n) is 16.8. The van der Waals surface area contributed by atoms with E-state index in [0.717, 1.165) is 19.5 Å². The van der Waals surface area contributed by atoms with Gasteiger partial charge in [0, 0.05) is 36.8 Å². The van der Waals surface area contributed by atoms with Crippen molar-refractivity contribution in [1.82, 2.24) is 4.90 Å². The molecule has 0 saturated heterocycles. The average molecular weight is 388 g/mol. The van der Waals surface area contributed by atoms with E-state index in [1.54, 1.807) is 0 Å². The van der Waals surface area contributed by atoms with Gasteiger partial charge in [-0.05, 0) is 40.1 Å². The largest absolute Gasteiger partial charge is 0.281 e. The van der Waals surface area contributed by atoms with E-state index in [-0.39, 0.29) is 24.4 Å². The summed E-state index contributed by atoms with van der Waals surface area (Å²) in [6.07, 6.45) is 1.10. The molecule has 0 atom stereocenters. The summed E-state index contributed by atoms with van der Waals surface area (Å²) >= 11 is 1.89. The molecule has 1 nitrogen and oxygen atoms in total. The molecular weight excluding hydrogens is 365 g/mol. The van der Waals surface area contributed by atoms with Crippen molar-refractivity contribution in [3.05, 3.63) is 130 Å². The molecule has 0 unspecified atom stereocenters. The fraction of sp³-hybridized carbons (Fsp3) is 0.154.